The van der Waals surface area contributed by atoms with Gasteiger partial charge in [0.2, 0.25) is 5.91 Å². The number of thiophene rings is 1. The maximum absolute atomic E-state index is 12.8. The monoisotopic (exact) mass is 394 g/mol. The van der Waals surface area contributed by atoms with Crippen molar-refractivity contribution in [1.82, 2.24) is 9.62 Å². The molecule has 0 saturated carbocycles. The number of furan rings is 1. The number of rotatable bonds is 7. The molecule has 0 bridgehead atoms. The molecule has 6 nitrogen and oxygen atoms in total. The van der Waals surface area contributed by atoms with Gasteiger partial charge in [-0.05, 0) is 48.9 Å². The Hall–Kier alpha value is -1.90. The third kappa shape index (κ3) is 4.63. The minimum absolute atomic E-state index is 0.0785. The molecule has 1 N–H and O–H groups in total. The van der Waals surface area contributed by atoms with E-state index < -0.39 is 10.0 Å². The van der Waals surface area contributed by atoms with E-state index in [0.717, 1.165) is 19.3 Å². The van der Waals surface area contributed by atoms with E-state index in [2.05, 4.69) is 5.32 Å². The van der Waals surface area contributed by atoms with Crippen molar-refractivity contribution in [3.8, 4) is 0 Å². The summed E-state index contributed by atoms with van der Waals surface area (Å²) in [5.74, 6) is 0.394. The highest BCUT2D eigenvalue weighted by molar-refractivity contribution is 7.91. The van der Waals surface area contributed by atoms with Gasteiger partial charge in [0, 0.05) is 25.2 Å². The molecule has 1 atom stereocenters. The molecule has 1 aliphatic rings. The number of piperidine rings is 1. The standard InChI is InChI=1S/C18H22N2O4S2/c21-17(9-8-16-6-3-13-24-16)19-11-10-15-5-1-2-12-20(15)26(22,23)18-7-4-14-25-18/h3-4,6-9,13-15H,1-2,5,10-12H2,(H,19,21). The summed E-state index contributed by atoms with van der Waals surface area (Å²) >= 11 is 1.24. The first kappa shape index (κ1) is 18.9. The lowest BCUT2D eigenvalue weighted by Gasteiger charge is -2.34. The van der Waals surface area contributed by atoms with Crippen LogP contribution in [0, 0.1) is 0 Å². The first-order valence-electron chi connectivity index (χ1n) is 8.62. The second-order valence-electron chi connectivity index (χ2n) is 6.13. The smallest absolute Gasteiger partial charge is 0.252 e. The van der Waals surface area contributed by atoms with Crippen LogP contribution in [0.25, 0.3) is 6.08 Å². The molecule has 2 aromatic rings. The molecule has 0 aliphatic carbocycles. The molecule has 1 unspecified atom stereocenters. The number of nitrogens with zero attached hydrogens (tertiary/aromatic N) is 1. The molecule has 1 amide bonds. The van der Waals surface area contributed by atoms with Crippen LogP contribution in [0.3, 0.4) is 0 Å². The third-order valence-corrected chi connectivity index (χ3v) is 7.67. The maximum atomic E-state index is 12.8. The Balaban J connectivity index is 1.55. The zero-order valence-electron chi connectivity index (χ0n) is 14.3. The quantitative estimate of drug-likeness (QED) is 0.732. The van der Waals surface area contributed by atoms with Crippen LogP contribution in [0.2, 0.25) is 0 Å². The van der Waals surface area contributed by atoms with E-state index >= 15 is 0 Å². The van der Waals surface area contributed by atoms with Gasteiger partial charge in [-0.2, -0.15) is 4.31 Å². The summed E-state index contributed by atoms with van der Waals surface area (Å²) in [5.41, 5.74) is 0. The molecule has 26 heavy (non-hydrogen) atoms. The number of hydrogen-bond donors (Lipinski definition) is 1. The first-order chi connectivity index (χ1) is 12.6. The molecule has 1 saturated heterocycles. The molecule has 0 radical (unpaired) electrons. The minimum Gasteiger partial charge on any atom is -0.465 e. The fourth-order valence-corrected chi connectivity index (χ4v) is 5.91. The summed E-state index contributed by atoms with van der Waals surface area (Å²) in [7, 11) is -3.45. The van der Waals surface area contributed by atoms with Crippen LogP contribution in [0.1, 0.15) is 31.4 Å². The van der Waals surface area contributed by atoms with E-state index in [0.29, 0.717) is 29.5 Å². The van der Waals surface area contributed by atoms with Crippen molar-refractivity contribution >= 4 is 33.3 Å². The largest absolute Gasteiger partial charge is 0.465 e. The lowest BCUT2D eigenvalue weighted by molar-refractivity contribution is -0.116. The Morgan fingerprint density at radius 1 is 1.35 bits per heavy atom. The SMILES string of the molecule is O=C(C=Cc1ccco1)NCCC1CCCCN1S(=O)(=O)c1cccs1. The van der Waals surface area contributed by atoms with E-state index in [1.54, 1.807) is 46.3 Å². The van der Waals surface area contributed by atoms with Gasteiger partial charge in [0.05, 0.1) is 6.26 Å². The van der Waals surface area contributed by atoms with Gasteiger partial charge in [-0.25, -0.2) is 8.42 Å². The highest BCUT2D eigenvalue weighted by Crippen LogP contribution is 2.28. The molecule has 140 valence electrons. The zero-order valence-corrected chi connectivity index (χ0v) is 16.0. The minimum atomic E-state index is -3.45. The van der Waals surface area contributed by atoms with Crippen LogP contribution in [0.15, 0.2) is 50.6 Å². The van der Waals surface area contributed by atoms with Crippen molar-refractivity contribution in [2.24, 2.45) is 0 Å². The fraction of sp³-hybridized carbons (Fsp3) is 0.389. The molecule has 1 aliphatic heterocycles. The number of carbonyl (C=O) groups excluding carboxylic acids is 1. The van der Waals surface area contributed by atoms with E-state index in [1.165, 1.54) is 17.4 Å². The van der Waals surface area contributed by atoms with Crippen LogP contribution in [0.4, 0.5) is 0 Å². The van der Waals surface area contributed by atoms with Gasteiger partial charge in [0.1, 0.15) is 9.97 Å². The lowest BCUT2D eigenvalue weighted by atomic mass is 10.0. The number of sulfonamides is 1. The summed E-state index contributed by atoms with van der Waals surface area (Å²) in [6, 6.07) is 6.84. The van der Waals surface area contributed by atoms with Gasteiger partial charge in [-0.1, -0.05) is 12.5 Å². The second-order valence-corrected chi connectivity index (χ2v) is 9.19. The average molecular weight is 395 g/mol. The zero-order chi connectivity index (χ0) is 18.4. The average Bonchev–Trinajstić information content (AvgIpc) is 3.34. The topological polar surface area (TPSA) is 79.6 Å². The van der Waals surface area contributed by atoms with E-state index in [-0.39, 0.29) is 11.9 Å². The van der Waals surface area contributed by atoms with Crippen LogP contribution in [0.5, 0.6) is 0 Å². The van der Waals surface area contributed by atoms with Gasteiger partial charge in [0.15, 0.2) is 0 Å². The molecule has 2 aromatic heterocycles. The van der Waals surface area contributed by atoms with Gasteiger partial charge >= 0.3 is 0 Å². The summed E-state index contributed by atoms with van der Waals surface area (Å²) < 4.78 is 32.8. The first-order valence-corrected chi connectivity index (χ1v) is 10.9. The third-order valence-electron chi connectivity index (χ3n) is 4.35. The maximum Gasteiger partial charge on any atom is 0.252 e. The lowest BCUT2D eigenvalue weighted by Crippen LogP contribution is -2.44. The molecule has 1 fully saturated rings. The van der Waals surface area contributed by atoms with Gasteiger partial charge in [-0.3, -0.25) is 4.79 Å². The van der Waals surface area contributed by atoms with Crippen molar-refractivity contribution in [3.05, 3.63) is 47.7 Å². The summed E-state index contributed by atoms with van der Waals surface area (Å²) in [4.78, 5) is 11.9. The molecule has 3 rings (SSSR count). The Morgan fingerprint density at radius 3 is 2.96 bits per heavy atom. The summed E-state index contributed by atoms with van der Waals surface area (Å²) in [5, 5.41) is 4.59. The fourth-order valence-electron chi connectivity index (χ4n) is 3.07. The van der Waals surface area contributed by atoms with Crippen molar-refractivity contribution in [2.45, 2.75) is 35.9 Å². The van der Waals surface area contributed by atoms with Gasteiger partial charge in [0.25, 0.3) is 10.0 Å². The van der Waals surface area contributed by atoms with Crippen molar-refractivity contribution in [1.29, 1.82) is 0 Å². The summed E-state index contributed by atoms with van der Waals surface area (Å²) in [6.45, 7) is 0.972. The normalized spacial score (nSPS) is 19.0. The second kappa shape index (κ2) is 8.66. The van der Waals surface area contributed by atoms with E-state index in [9.17, 15) is 13.2 Å². The van der Waals surface area contributed by atoms with Crippen LogP contribution in [-0.2, 0) is 14.8 Å². The van der Waals surface area contributed by atoms with Crippen molar-refractivity contribution in [2.75, 3.05) is 13.1 Å². The van der Waals surface area contributed by atoms with Gasteiger partial charge < -0.3 is 9.73 Å². The summed E-state index contributed by atoms with van der Waals surface area (Å²) in [6.07, 6.45) is 7.87. The molecule has 8 heteroatoms. The molecular formula is C18H22N2O4S2. The van der Waals surface area contributed by atoms with E-state index in [1.807, 2.05) is 0 Å². The van der Waals surface area contributed by atoms with Crippen molar-refractivity contribution in [3.63, 3.8) is 0 Å². The van der Waals surface area contributed by atoms with Crippen LogP contribution >= 0.6 is 11.3 Å². The molecule has 0 aromatic carbocycles. The molecular weight excluding hydrogens is 372 g/mol. The van der Waals surface area contributed by atoms with Crippen molar-refractivity contribution < 1.29 is 17.6 Å². The number of hydrogen-bond acceptors (Lipinski definition) is 5. The molecule has 0 spiro atoms. The van der Waals surface area contributed by atoms with Crippen LogP contribution in [-0.4, -0.2) is 37.8 Å². The number of amides is 1. The Kier molecular flexibility index (Phi) is 6.29. The van der Waals surface area contributed by atoms with Gasteiger partial charge in [-0.15, -0.1) is 11.3 Å². The highest BCUT2D eigenvalue weighted by atomic mass is 32.2. The predicted octanol–water partition coefficient (Wildman–Crippen LogP) is 3.10. The Labute approximate surface area is 157 Å². The highest BCUT2D eigenvalue weighted by Gasteiger charge is 2.33. The predicted molar refractivity (Wildman–Crippen MR) is 101 cm³/mol. The van der Waals surface area contributed by atoms with Crippen LogP contribution < -0.4 is 5.32 Å². The Morgan fingerprint density at radius 2 is 2.23 bits per heavy atom. The number of nitrogens with one attached hydrogen (secondary N) is 1. The molecule has 3 heterocycles. The number of carbonyl (C=O) groups is 1. The van der Waals surface area contributed by atoms with E-state index in [4.69, 9.17) is 4.42 Å². The Bertz CT molecular complexity index is 827.